The number of carbonyl (C=O) groups excluding carboxylic acids is 1. The van der Waals surface area contributed by atoms with Crippen LogP contribution in [0.25, 0.3) is 10.2 Å². The van der Waals surface area contributed by atoms with Crippen LogP contribution in [-0.4, -0.2) is 62.8 Å². The summed E-state index contributed by atoms with van der Waals surface area (Å²) in [4.78, 5) is 22.4. The molecular formula is C24H32ClN3O4S. The summed E-state index contributed by atoms with van der Waals surface area (Å²) in [6.45, 7) is 9.94. The Morgan fingerprint density at radius 3 is 2.33 bits per heavy atom. The molecule has 0 atom stereocenters. The minimum atomic E-state index is -0.123. The maximum atomic E-state index is 13.6. The molecule has 9 heteroatoms. The molecule has 0 saturated heterocycles. The van der Waals surface area contributed by atoms with Gasteiger partial charge in [0.05, 0.1) is 31.0 Å². The molecule has 33 heavy (non-hydrogen) atoms. The summed E-state index contributed by atoms with van der Waals surface area (Å²) in [5.74, 6) is 1.79. The van der Waals surface area contributed by atoms with Crippen molar-refractivity contribution in [1.82, 2.24) is 9.88 Å². The van der Waals surface area contributed by atoms with E-state index in [2.05, 4.69) is 18.7 Å². The topological polar surface area (TPSA) is 64.1 Å². The van der Waals surface area contributed by atoms with Gasteiger partial charge in [-0.05, 0) is 56.4 Å². The van der Waals surface area contributed by atoms with E-state index in [1.165, 1.54) is 11.3 Å². The van der Waals surface area contributed by atoms with Gasteiger partial charge in [0.25, 0.3) is 5.91 Å². The lowest BCUT2D eigenvalue weighted by atomic mass is 10.1. The molecule has 1 heterocycles. The van der Waals surface area contributed by atoms with Crippen molar-refractivity contribution >= 4 is 45.0 Å². The maximum Gasteiger partial charge on any atom is 0.260 e. The van der Waals surface area contributed by atoms with Gasteiger partial charge in [-0.1, -0.05) is 25.2 Å². The summed E-state index contributed by atoms with van der Waals surface area (Å²) < 4.78 is 17.3. The Hall–Kier alpha value is -2.55. The van der Waals surface area contributed by atoms with Crippen molar-refractivity contribution in [3.05, 3.63) is 42.0 Å². The Bertz CT molecular complexity index is 1060. The quantitative estimate of drug-likeness (QED) is 0.369. The molecule has 0 aliphatic rings. The highest BCUT2D eigenvalue weighted by Crippen LogP contribution is 2.33. The molecule has 7 nitrogen and oxygen atoms in total. The van der Waals surface area contributed by atoms with Crippen molar-refractivity contribution in [3.8, 4) is 17.2 Å². The number of amides is 1. The molecule has 0 aliphatic heterocycles. The van der Waals surface area contributed by atoms with E-state index >= 15 is 0 Å². The summed E-state index contributed by atoms with van der Waals surface area (Å²) in [5.41, 5.74) is 1.37. The number of thiazole rings is 1. The van der Waals surface area contributed by atoms with Crippen LogP contribution in [-0.2, 0) is 0 Å². The summed E-state index contributed by atoms with van der Waals surface area (Å²) in [6.07, 6.45) is 0. The van der Waals surface area contributed by atoms with E-state index in [0.29, 0.717) is 35.3 Å². The second-order valence-corrected chi connectivity index (χ2v) is 8.12. The van der Waals surface area contributed by atoms with E-state index in [-0.39, 0.29) is 18.3 Å². The second-order valence-electron chi connectivity index (χ2n) is 7.11. The van der Waals surface area contributed by atoms with E-state index in [0.717, 1.165) is 35.6 Å². The number of fused-ring (bicyclic) bond motifs is 1. The first-order chi connectivity index (χ1) is 15.5. The minimum Gasteiger partial charge on any atom is -0.494 e. The third-order valence-electron chi connectivity index (χ3n) is 5.30. The zero-order valence-corrected chi connectivity index (χ0v) is 21.4. The van der Waals surface area contributed by atoms with Gasteiger partial charge in [-0.15, -0.1) is 12.4 Å². The highest BCUT2D eigenvalue weighted by molar-refractivity contribution is 7.22. The first-order valence-corrected chi connectivity index (χ1v) is 11.7. The van der Waals surface area contributed by atoms with Crippen LogP contribution in [0.15, 0.2) is 36.4 Å². The number of anilines is 1. The lowest BCUT2D eigenvalue weighted by molar-refractivity contribution is 0.0983. The number of likely N-dealkylation sites (N-methyl/N-ethyl adjacent to an activating group) is 1. The Morgan fingerprint density at radius 2 is 1.70 bits per heavy atom. The van der Waals surface area contributed by atoms with E-state index in [1.807, 2.05) is 25.1 Å². The third kappa shape index (κ3) is 6.28. The minimum absolute atomic E-state index is 0. The summed E-state index contributed by atoms with van der Waals surface area (Å²) in [5, 5.41) is 0.667. The molecule has 0 saturated carbocycles. The highest BCUT2D eigenvalue weighted by Gasteiger charge is 2.23. The average molecular weight is 494 g/mol. The van der Waals surface area contributed by atoms with Gasteiger partial charge >= 0.3 is 0 Å². The fourth-order valence-corrected chi connectivity index (χ4v) is 4.47. The van der Waals surface area contributed by atoms with Crippen molar-refractivity contribution in [1.29, 1.82) is 0 Å². The van der Waals surface area contributed by atoms with E-state index in [4.69, 9.17) is 19.2 Å². The number of halogens is 1. The number of ether oxygens (including phenoxy) is 3. The highest BCUT2D eigenvalue weighted by atomic mass is 35.5. The molecule has 0 radical (unpaired) electrons. The standard InChI is InChI=1S/C24H31N3O4S.ClH/c1-6-26(7-2)13-14-27(23(28)17-9-12-20(29-4)21(15-17)30-5)24-25-19-11-10-18(31-8-3)16-22(19)32-24;/h9-12,15-16H,6-8,13-14H2,1-5H3;1H. The van der Waals surface area contributed by atoms with Crippen LogP contribution in [0.3, 0.4) is 0 Å². The molecule has 0 fully saturated rings. The fourth-order valence-electron chi connectivity index (χ4n) is 3.46. The smallest absolute Gasteiger partial charge is 0.260 e. The van der Waals surface area contributed by atoms with Crippen LogP contribution in [0.4, 0.5) is 5.13 Å². The summed E-state index contributed by atoms with van der Waals surface area (Å²) in [7, 11) is 3.14. The Kier molecular flexibility index (Phi) is 10.2. The first-order valence-electron chi connectivity index (χ1n) is 10.8. The van der Waals surface area contributed by atoms with Crippen LogP contribution in [0.5, 0.6) is 17.2 Å². The monoisotopic (exact) mass is 493 g/mol. The number of rotatable bonds is 11. The predicted octanol–water partition coefficient (Wildman–Crippen LogP) is 5.12. The van der Waals surface area contributed by atoms with Gasteiger partial charge in [0.15, 0.2) is 16.6 Å². The van der Waals surface area contributed by atoms with Gasteiger partial charge < -0.3 is 19.1 Å². The Labute approximate surface area is 205 Å². The average Bonchev–Trinajstić information content (AvgIpc) is 3.24. The SMILES string of the molecule is CCOc1ccc2nc(N(CCN(CC)CC)C(=O)c3ccc(OC)c(OC)c3)sc2c1.Cl. The normalized spacial score (nSPS) is 10.7. The van der Waals surface area contributed by atoms with E-state index in [1.54, 1.807) is 37.3 Å². The number of methoxy groups -OCH3 is 2. The van der Waals surface area contributed by atoms with Gasteiger partial charge in [0.1, 0.15) is 5.75 Å². The molecule has 0 N–H and O–H groups in total. The van der Waals surface area contributed by atoms with Gasteiger partial charge in [-0.25, -0.2) is 4.98 Å². The summed E-state index contributed by atoms with van der Waals surface area (Å²) in [6, 6.07) is 11.0. The van der Waals surface area contributed by atoms with E-state index in [9.17, 15) is 4.79 Å². The van der Waals surface area contributed by atoms with Gasteiger partial charge in [-0.2, -0.15) is 0 Å². The van der Waals surface area contributed by atoms with E-state index < -0.39 is 0 Å². The fraction of sp³-hybridized carbons (Fsp3) is 0.417. The Balaban J connectivity index is 0.00000385. The van der Waals surface area contributed by atoms with Crippen molar-refractivity contribution in [3.63, 3.8) is 0 Å². The molecule has 2 aromatic carbocycles. The van der Waals surface area contributed by atoms with Gasteiger partial charge in [0, 0.05) is 18.7 Å². The number of nitrogens with zero attached hydrogens (tertiary/aromatic N) is 3. The van der Waals surface area contributed by atoms with Crippen molar-refractivity contribution in [2.24, 2.45) is 0 Å². The molecule has 0 aliphatic carbocycles. The van der Waals surface area contributed by atoms with Crippen molar-refractivity contribution < 1.29 is 19.0 Å². The number of benzene rings is 2. The molecule has 3 rings (SSSR count). The first kappa shape index (κ1) is 26.7. The molecule has 1 aromatic heterocycles. The molecule has 1 amide bonds. The largest absolute Gasteiger partial charge is 0.494 e. The van der Waals surface area contributed by atoms with Crippen LogP contribution in [0, 0.1) is 0 Å². The number of hydrogen-bond donors (Lipinski definition) is 0. The maximum absolute atomic E-state index is 13.6. The molecule has 180 valence electrons. The second kappa shape index (κ2) is 12.6. The zero-order valence-electron chi connectivity index (χ0n) is 19.8. The Morgan fingerprint density at radius 1 is 0.970 bits per heavy atom. The molecule has 3 aromatic rings. The van der Waals surface area contributed by atoms with Crippen molar-refractivity contribution in [2.45, 2.75) is 20.8 Å². The third-order valence-corrected chi connectivity index (χ3v) is 6.34. The van der Waals surface area contributed by atoms with Crippen LogP contribution in [0.2, 0.25) is 0 Å². The molecular weight excluding hydrogens is 462 g/mol. The van der Waals surface area contributed by atoms with Crippen LogP contribution in [0.1, 0.15) is 31.1 Å². The molecule has 0 bridgehead atoms. The molecule has 0 spiro atoms. The van der Waals surface area contributed by atoms with Gasteiger partial charge in [-0.3, -0.25) is 9.69 Å². The zero-order chi connectivity index (χ0) is 23.1. The summed E-state index contributed by atoms with van der Waals surface area (Å²) >= 11 is 1.49. The number of hydrogen-bond acceptors (Lipinski definition) is 7. The lowest BCUT2D eigenvalue weighted by Gasteiger charge is -2.25. The number of aromatic nitrogens is 1. The predicted molar refractivity (Wildman–Crippen MR) is 137 cm³/mol. The van der Waals surface area contributed by atoms with Crippen LogP contribution < -0.4 is 19.1 Å². The van der Waals surface area contributed by atoms with Crippen molar-refractivity contribution in [2.75, 3.05) is 51.9 Å². The van der Waals surface area contributed by atoms with Gasteiger partial charge in [0.2, 0.25) is 0 Å². The van der Waals surface area contributed by atoms with Crippen LogP contribution >= 0.6 is 23.7 Å². The molecule has 0 unspecified atom stereocenters. The number of carbonyl (C=O) groups is 1. The lowest BCUT2D eigenvalue weighted by Crippen LogP contribution is -2.38.